The highest BCUT2D eigenvalue weighted by Crippen LogP contribution is 2.33. The van der Waals surface area contributed by atoms with Crippen LogP contribution in [-0.4, -0.2) is 12.0 Å². The molecule has 0 radical (unpaired) electrons. The fourth-order valence-corrected chi connectivity index (χ4v) is 3.03. The lowest BCUT2D eigenvalue weighted by molar-refractivity contribution is 0.590. The number of nitrogens with zero attached hydrogens (tertiary/aromatic N) is 1. The quantitative estimate of drug-likeness (QED) is 0.910. The van der Waals surface area contributed by atoms with E-state index in [0.717, 1.165) is 11.6 Å². The molecule has 0 aliphatic rings. The van der Waals surface area contributed by atoms with Crippen molar-refractivity contribution in [2.24, 2.45) is 0 Å². The van der Waals surface area contributed by atoms with E-state index in [9.17, 15) is 0 Å². The number of hydrogen-bond acceptors (Lipinski definition) is 3. The fraction of sp³-hybridized carbons (Fsp3) is 0.438. The molecule has 1 N–H and O–H groups in total. The van der Waals surface area contributed by atoms with Crippen molar-refractivity contribution in [3.8, 4) is 10.4 Å². The summed E-state index contributed by atoms with van der Waals surface area (Å²) < 4.78 is 0. The van der Waals surface area contributed by atoms with Gasteiger partial charge in [-0.25, -0.2) is 4.98 Å². The predicted octanol–water partition coefficient (Wildman–Crippen LogP) is 4.14. The monoisotopic (exact) mass is 274 g/mol. The molecule has 0 fully saturated rings. The van der Waals surface area contributed by atoms with Crippen LogP contribution in [0.15, 0.2) is 24.4 Å². The van der Waals surface area contributed by atoms with E-state index in [0.29, 0.717) is 0 Å². The zero-order valence-corrected chi connectivity index (χ0v) is 13.2. The van der Waals surface area contributed by atoms with Crippen LogP contribution in [0.3, 0.4) is 0 Å². The van der Waals surface area contributed by atoms with Crippen molar-refractivity contribution in [1.82, 2.24) is 10.3 Å². The molecule has 102 valence electrons. The summed E-state index contributed by atoms with van der Waals surface area (Å²) in [7, 11) is 1.95. The van der Waals surface area contributed by atoms with Crippen LogP contribution in [0.2, 0.25) is 0 Å². The molecule has 0 amide bonds. The van der Waals surface area contributed by atoms with Gasteiger partial charge in [-0.15, -0.1) is 11.3 Å². The highest BCUT2D eigenvalue weighted by atomic mass is 32.1. The molecular weight excluding hydrogens is 252 g/mol. The number of hydrogen-bond donors (Lipinski definition) is 1. The molecule has 1 aromatic heterocycles. The number of aromatic nitrogens is 1. The lowest BCUT2D eigenvalue weighted by Gasteiger charge is -2.20. The minimum atomic E-state index is 0.181. The van der Waals surface area contributed by atoms with Crippen molar-refractivity contribution in [3.63, 3.8) is 0 Å². The van der Waals surface area contributed by atoms with Gasteiger partial charge in [0, 0.05) is 12.7 Å². The number of nitrogens with one attached hydrogen (secondary N) is 1. The minimum absolute atomic E-state index is 0.181. The lowest BCUT2D eigenvalue weighted by Crippen LogP contribution is -2.11. The molecule has 2 aromatic rings. The van der Waals surface area contributed by atoms with E-state index in [-0.39, 0.29) is 5.41 Å². The van der Waals surface area contributed by atoms with Gasteiger partial charge in [0.1, 0.15) is 5.01 Å². The average molecular weight is 274 g/mol. The first-order valence-electron chi connectivity index (χ1n) is 6.62. The smallest absolute Gasteiger partial charge is 0.107 e. The van der Waals surface area contributed by atoms with Gasteiger partial charge in [-0.2, -0.15) is 0 Å². The zero-order valence-electron chi connectivity index (χ0n) is 12.4. The van der Waals surface area contributed by atoms with Gasteiger partial charge in [0.2, 0.25) is 0 Å². The van der Waals surface area contributed by atoms with Gasteiger partial charge in [-0.1, -0.05) is 32.9 Å². The second-order valence-corrected chi connectivity index (χ2v) is 7.04. The topological polar surface area (TPSA) is 24.9 Å². The predicted molar refractivity (Wildman–Crippen MR) is 83.8 cm³/mol. The van der Waals surface area contributed by atoms with Gasteiger partial charge in [-0.05, 0) is 42.1 Å². The molecule has 0 saturated carbocycles. The summed E-state index contributed by atoms with van der Waals surface area (Å²) in [6.07, 6.45) is 1.99. The molecular formula is C16H22N2S. The van der Waals surface area contributed by atoms with E-state index in [1.54, 1.807) is 11.3 Å². The van der Waals surface area contributed by atoms with Crippen LogP contribution in [0, 0.1) is 6.92 Å². The third-order valence-electron chi connectivity index (χ3n) is 3.25. The summed E-state index contributed by atoms with van der Waals surface area (Å²) in [6, 6.07) is 6.76. The maximum atomic E-state index is 4.47. The Morgan fingerprint density at radius 3 is 2.63 bits per heavy atom. The van der Waals surface area contributed by atoms with E-state index in [2.05, 4.69) is 56.2 Å². The normalized spacial score (nSPS) is 11.8. The first kappa shape index (κ1) is 14.2. The molecule has 0 atom stereocenters. The molecule has 0 bridgehead atoms. The Morgan fingerprint density at radius 2 is 2.00 bits per heavy atom. The summed E-state index contributed by atoms with van der Waals surface area (Å²) in [5.74, 6) is 0. The van der Waals surface area contributed by atoms with Gasteiger partial charge in [0.15, 0.2) is 0 Å². The van der Waals surface area contributed by atoms with Crippen molar-refractivity contribution in [2.75, 3.05) is 7.05 Å². The van der Waals surface area contributed by atoms with E-state index in [1.165, 1.54) is 21.6 Å². The van der Waals surface area contributed by atoms with Gasteiger partial charge in [0.25, 0.3) is 0 Å². The Hall–Kier alpha value is -1.19. The number of rotatable bonds is 3. The summed E-state index contributed by atoms with van der Waals surface area (Å²) in [6.45, 7) is 9.75. The summed E-state index contributed by atoms with van der Waals surface area (Å²) >= 11 is 1.77. The second-order valence-electron chi connectivity index (χ2n) is 5.93. The van der Waals surface area contributed by atoms with Crippen molar-refractivity contribution >= 4 is 11.3 Å². The van der Waals surface area contributed by atoms with Gasteiger partial charge in [0.05, 0.1) is 4.88 Å². The molecule has 0 unspecified atom stereocenters. The molecule has 19 heavy (non-hydrogen) atoms. The van der Waals surface area contributed by atoms with Crippen LogP contribution < -0.4 is 5.32 Å². The third kappa shape index (κ3) is 3.23. The fourth-order valence-electron chi connectivity index (χ4n) is 2.02. The number of benzene rings is 1. The van der Waals surface area contributed by atoms with Gasteiger partial charge >= 0.3 is 0 Å². The highest BCUT2D eigenvalue weighted by molar-refractivity contribution is 7.15. The van der Waals surface area contributed by atoms with E-state index >= 15 is 0 Å². The zero-order chi connectivity index (χ0) is 14.0. The number of thiazole rings is 1. The Bertz CT molecular complexity index is 564. The van der Waals surface area contributed by atoms with Crippen LogP contribution >= 0.6 is 11.3 Å². The third-order valence-corrected chi connectivity index (χ3v) is 4.28. The Balaban J connectivity index is 2.42. The van der Waals surface area contributed by atoms with Crippen LogP contribution in [0.4, 0.5) is 0 Å². The van der Waals surface area contributed by atoms with Gasteiger partial charge < -0.3 is 5.32 Å². The molecule has 0 saturated heterocycles. The molecule has 2 rings (SSSR count). The second kappa shape index (κ2) is 5.43. The van der Waals surface area contributed by atoms with Crippen molar-refractivity contribution < 1.29 is 0 Å². The average Bonchev–Trinajstić information content (AvgIpc) is 2.77. The maximum Gasteiger partial charge on any atom is 0.107 e. The van der Waals surface area contributed by atoms with Crippen LogP contribution in [0.1, 0.15) is 36.9 Å². The molecule has 1 aromatic carbocycles. The summed E-state index contributed by atoms with van der Waals surface area (Å²) in [5, 5.41) is 4.28. The Morgan fingerprint density at radius 1 is 1.26 bits per heavy atom. The van der Waals surface area contributed by atoms with Crippen molar-refractivity contribution in [1.29, 1.82) is 0 Å². The molecule has 1 heterocycles. The molecule has 3 heteroatoms. The Labute approximate surface area is 119 Å². The summed E-state index contributed by atoms with van der Waals surface area (Å²) in [4.78, 5) is 5.73. The van der Waals surface area contributed by atoms with E-state index < -0.39 is 0 Å². The minimum Gasteiger partial charge on any atom is -0.314 e. The Kier molecular flexibility index (Phi) is 4.07. The SMILES string of the molecule is CNCc1ncc(-c2cc(C(C)(C)C)ccc2C)s1. The maximum absolute atomic E-state index is 4.47. The summed E-state index contributed by atoms with van der Waals surface area (Å²) in [5.41, 5.74) is 4.18. The van der Waals surface area contributed by atoms with Crippen LogP contribution in [0.5, 0.6) is 0 Å². The largest absolute Gasteiger partial charge is 0.314 e. The lowest BCUT2D eigenvalue weighted by atomic mass is 9.85. The van der Waals surface area contributed by atoms with Crippen molar-refractivity contribution in [3.05, 3.63) is 40.5 Å². The standard InChI is InChI=1S/C16H22N2S/c1-11-6-7-12(16(2,3)4)8-13(11)14-9-18-15(19-14)10-17-5/h6-9,17H,10H2,1-5H3. The molecule has 0 aliphatic carbocycles. The van der Waals surface area contributed by atoms with E-state index in [1.807, 2.05) is 13.2 Å². The van der Waals surface area contributed by atoms with Gasteiger partial charge in [-0.3, -0.25) is 0 Å². The highest BCUT2D eigenvalue weighted by Gasteiger charge is 2.16. The number of aryl methyl sites for hydroxylation is 1. The first-order chi connectivity index (χ1) is 8.91. The molecule has 2 nitrogen and oxygen atoms in total. The van der Waals surface area contributed by atoms with Crippen LogP contribution in [0.25, 0.3) is 10.4 Å². The molecule has 0 spiro atoms. The molecule has 0 aliphatic heterocycles. The van der Waals surface area contributed by atoms with Crippen molar-refractivity contribution in [2.45, 2.75) is 39.7 Å². The van der Waals surface area contributed by atoms with Crippen LogP contribution in [-0.2, 0) is 12.0 Å². The first-order valence-corrected chi connectivity index (χ1v) is 7.44. The van der Waals surface area contributed by atoms with E-state index in [4.69, 9.17) is 0 Å².